The molecule has 0 unspecified atom stereocenters. The van der Waals surface area contributed by atoms with E-state index in [4.69, 9.17) is 32.7 Å². The van der Waals surface area contributed by atoms with Crippen LogP contribution in [0.15, 0.2) is 52.1 Å². The van der Waals surface area contributed by atoms with Crippen LogP contribution in [0.5, 0.6) is 17.5 Å². The molecule has 0 radical (unpaired) electrons. The zero-order valence-corrected chi connectivity index (χ0v) is 18.4. The summed E-state index contributed by atoms with van der Waals surface area (Å²) in [5.41, 5.74) is 0.111. The average Bonchev–Trinajstić information content (AvgIpc) is 3.09. The van der Waals surface area contributed by atoms with Crippen molar-refractivity contribution >= 4 is 34.4 Å². The lowest BCUT2D eigenvalue weighted by Crippen LogP contribution is -2.39. The van der Waals surface area contributed by atoms with Gasteiger partial charge in [0.2, 0.25) is 0 Å². The molecule has 160 valence electrons. The number of benzene rings is 2. The maximum absolute atomic E-state index is 13.2. The Balaban J connectivity index is 1.84. The van der Waals surface area contributed by atoms with Crippen molar-refractivity contribution < 1.29 is 9.47 Å². The van der Waals surface area contributed by atoms with E-state index in [-0.39, 0.29) is 23.7 Å². The number of rotatable bonds is 5. The predicted molar refractivity (Wildman–Crippen MR) is 119 cm³/mol. The summed E-state index contributed by atoms with van der Waals surface area (Å²) < 4.78 is 15.1. The average molecular weight is 461 g/mol. The summed E-state index contributed by atoms with van der Waals surface area (Å²) in [7, 11) is 4.73. The Morgan fingerprint density at radius 3 is 2.35 bits per heavy atom. The first-order valence-corrected chi connectivity index (χ1v) is 9.98. The first-order valence-electron chi connectivity index (χ1n) is 9.23. The van der Waals surface area contributed by atoms with Crippen molar-refractivity contribution in [3.63, 3.8) is 0 Å². The van der Waals surface area contributed by atoms with Crippen molar-refractivity contribution in [1.82, 2.24) is 18.7 Å². The van der Waals surface area contributed by atoms with Gasteiger partial charge in [-0.15, -0.1) is 0 Å². The number of imidazole rings is 1. The lowest BCUT2D eigenvalue weighted by molar-refractivity contribution is 0.363. The highest BCUT2D eigenvalue weighted by Crippen LogP contribution is 2.31. The normalized spacial score (nSPS) is 11.1. The van der Waals surface area contributed by atoms with E-state index in [1.165, 1.54) is 16.2 Å². The molecule has 0 bridgehead atoms. The van der Waals surface area contributed by atoms with Crippen LogP contribution in [0.3, 0.4) is 0 Å². The molecule has 0 amide bonds. The molecule has 2 aromatic heterocycles. The predicted octanol–water partition coefficient (Wildman–Crippen LogP) is 3.59. The van der Waals surface area contributed by atoms with Gasteiger partial charge in [-0.1, -0.05) is 41.4 Å². The van der Waals surface area contributed by atoms with Crippen LogP contribution in [0, 0.1) is 0 Å². The molecule has 0 saturated carbocycles. The second kappa shape index (κ2) is 8.13. The number of hydrogen-bond donors (Lipinski definition) is 0. The van der Waals surface area contributed by atoms with Crippen molar-refractivity contribution in [2.24, 2.45) is 14.1 Å². The minimum atomic E-state index is -0.509. The van der Waals surface area contributed by atoms with Gasteiger partial charge in [-0.2, -0.15) is 4.98 Å². The summed E-state index contributed by atoms with van der Waals surface area (Å²) in [6, 6.07) is 12.2. The molecule has 0 spiro atoms. The first-order chi connectivity index (χ1) is 14.8. The molecule has 0 atom stereocenters. The fourth-order valence-electron chi connectivity index (χ4n) is 3.28. The first kappa shape index (κ1) is 21.0. The highest BCUT2D eigenvalue weighted by Gasteiger charge is 2.20. The highest BCUT2D eigenvalue weighted by atomic mass is 35.5. The summed E-state index contributed by atoms with van der Waals surface area (Å²) in [5, 5.41) is 0.740. The number of methoxy groups -OCH3 is 1. The number of fused-ring (bicyclic) bond motifs is 1. The molecule has 0 aliphatic carbocycles. The number of aryl methyl sites for hydroxylation is 2. The topological polar surface area (TPSA) is 80.3 Å². The summed E-state index contributed by atoms with van der Waals surface area (Å²) in [4.78, 5) is 30.5. The molecule has 0 saturated heterocycles. The summed E-state index contributed by atoms with van der Waals surface area (Å²) in [6.07, 6.45) is 0. The standard InChI is InChI=1S/C21H18Cl2N4O4/c1-25-17-18(24-20(25)31-16-7-5-4-6-15(16)30-3)26(2)21(29)27(19(17)28)11-12-8-9-13(22)14(23)10-12/h4-10H,11H2,1-3H3. The number of aromatic nitrogens is 4. The van der Waals surface area contributed by atoms with Crippen LogP contribution >= 0.6 is 23.2 Å². The van der Waals surface area contributed by atoms with Gasteiger partial charge in [0.05, 0.1) is 23.7 Å². The summed E-state index contributed by atoms with van der Waals surface area (Å²) in [6.45, 7) is 0.0339. The van der Waals surface area contributed by atoms with E-state index in [0.717, 1.165) is 4.57 Å². The molecule has 0 aliphatic heterocycles. The maximum atomic E-state index is 13.2. The number of para-hydroxylation sites is 2. The van der Waals surface area contributed by atoms with E-state index < -0.39 is 11.2 Å². The Labute approximate surface area is 186 Å². The zero-order chi connectivity index (χ0) is 22.3. The Hall–Kier alpha value is -3.23. The maximum Gasteiger partial charge on any atom is 0.332 e. The van der Waals surface area contributed by atoms with E-state index in [2.05, 4.69) is 4.98 Å². The Morgan fingerprint density at radius 1 is 0.968 bits per heavy atom. The Bertz CT molecular complexity index is 1420. The van der Waals surface area contributed by atoms with Crippen LogP contribution in [-0.2, 0) is 20.6 Å². The molecule has 2 heterocycles. The Morgan fingerprint density at radius 2 is 1.68 bits per heavy atom. The molecule has 4 aromatic rings. The van der Waals surface area contributed by atoms with Crippen LogP contribution < -0.4 is 20.7 Å². The van der Waals surface area contributed by atoms with Gasteiger partial charge >= 0.3 is 11.7 Å². The van der Waals surface area contributed by atoms with Crippen molar-refractivity contribution in [2.45, 2.75) is 6.54 Å². The van der Waals surface area contributed by atoms with Crippen LogP contribution in [0.25, 0.3) is 11.2 Å². The van der Waals surface area contributed by atoms with Crippen molar-refractivity contribution in [2.75, 3.05) is 7.11 Å². The van der Waals surface area contributed by atoms with E-state index in [1.807, 2.05) is 6.07 Å². The quantitative estimate of drug-likeness (QED) is 0.454. The second-order valence-corrected chi connectivity index (χ2v) is 7.67. The number of halogens is 2. The van der Waals surface area contributed by atoms with Gasteiger partial charge in [0.15, 0.2) is 22.7 Å². The summed E-state index contributed by atoms with van der Waals surface area (Å²) in [5.74, 6) is 0.949. The number of ether oxygens (including phenoxy) is 2. The lowest BCUT2D eigenvalue weighted by atomic mass is 10.2. The number of nitrogens with zero attached hydrogens (tertiary/aromatic N) is 4. The van der Waals surface area contributed by atoms with Crippen LogP contribution in [0.1, 0.15) is 5.56 Å². The van der Waals surface area contributed by atoms with Gasteiger partial charge in [0.25, 0.3) is 5.56 Å². The van der Waals surface area contributed by atoms with Crippen LogP contribution in [0.2, 0.25) is 10.0 Å². The molecule has 0 N–H and O–H groups in total. The van der Waals surface area contributed by atoms with Crippen molar-refractivity contribution in [3.05, 3.63) is 78.9 Å². The highest BCUT2D eigenvalue weighted by molar-refractivity contribution is 6.42. The van der Waals surface area contributed by atoms with E-state index >= 15 is 0 Å². The third-order valence-electron chi connectivity index (χ3n) is 4.91. The van der Waals surface area contributed by atoms with Gasteiger partial charge in [0, 0.05) is 14.1 Å². The van der Waals surface area contributed by atoms with E-state index in [0.29, 0.717) is 27.1 Å². The molecule has 31 heavy (non-hydrogen) atoms. The zero-order valence-electron chi connectivity index (χ0n) is 16.9. The van der Waals surface area contributed by atoms with Gasteiger partial charge in [-0.3, -0.25) is 18.5 Å². The second-order valence-electron chi connectivity index (χ2n) is 6.86. The molecule has 0 aliphatic rings. The monoisotopic (exact) mass is 460 g/mol. The molecule has 8 nitrogen and oxygen atoms in total. The van der Waals surface area contributed by atoms with Crippen molar-refractivity contribution in [1.29, 1.82) is 0 Å². The minimum absolute atomic E-state index is 0.0339. The van der Waals surface area contributed by atoms with Crippen LogP contribution in [-0.4, -0.2) is 25.8 Å². The van der Waals surface area contributed by atoms with Gasteiger partial charge in [-0.05, 0) is 29.8 Å². The fraction of sp³-hybridized carbons (Fsp3) is 0.190. The van der Waals surface area contributed by atoms with Gasteiger partial charge < -0.3 is 9.47 Å². The Kier molecular flexibility index (Phi) is 5.51. The summed E-state index contributed by atoms with van der Waals surface area (Å²) >= 11 is 12.0. The van der Waals surface area contributed by atoms with E-state index in [1.54, 1.807) is 50.5 Å². The third-order valence-corrected chi connectivity index (χ3v) is 5.65. The third kappa shape index (κ3) is 3.68. The molecule has 2 aromatic carbocycles. The van der Waals surface area contributed by atoms with E-state index in [9.17, 15) is 9.59 Å². The molecular formula is C21H18Cl2N4O4. The largest absolute Gasteiger partial charge is 0.493 e. The SMILES string of the molecule is COc1ccccc1Oc1nc2c(c(=O)n(Cc3ccc(Cl)c(Cl)c3)c(=O)n2C)n1C. The molecule has 0 fully saturated rings. The van der Waals surface area contributed by atoms with Gasteiger partial charge in [-0.25, -0.2) is 4.79 Å². The lowest BCUT2D eigenvalue weighted by Gasteiger charge is -2.10. The molecule has 10 heteroatoms. The minimum Gasteiger partial charge on any atom is -0.493 e. The van der Waals surface area contributed by atoms with Crippen LogP contribution in [0.4, 0.5) is 0 Å². The molecule has 4 rings (SSSR count). The smallest absolute Gasteiger partial charge is 0.332 e. The van der Waals surface area contributed by atoms with Gasteiger partial charge in [0.1, 0.15) is 0 Å². The fourth-order valence-corrected chi connectivity index (χ4v) is 3.60. The number of hydrogen-bond acceptors (Lipinski definition) is 5. The van der Waals surface area contributed by atoms with Crippen molar-refractivity contribution in [3.8, 4) is 17.5 Å². The molecular weight excluding hydrogens is 443 g/mol.